The number of ether oxygens (including phenoxy) is 3. The molecule has 0 radical (unpaired) electrons. The quantitative estimate of drug-likeness (QED) is 0.397. The molecule has 0 bridgehead atoms. The van der Waals surface area contributed by atoms with Gasteiger partial charge in [0.25, 0.3) is 11.8 Å². The number of aromatic nitrogens is 1. The first-order chi connectivity index (χ1) is 18.8. The van der Waals surface area contributed by atoms with Gasteiger partial charge in [-0.3, -0.25) is 19.4 Å². The van der Waals surface area contributed by atoms with E-state index in [0.29, 0.717) is 62.9 Å². The molecule has 10 nitrogen and oxygen atoms in total. The SMILES string of the molecule is CCCOc1ccc(F)c2c(=O)c(-c3ccc(OCC(N)=O)cc3)cn(CC(=O)N(CC)N3CCOCC3)c12. The van der Waals surface area contributed by atoms with Crippen LogP contribution in [-0.4, -0.2) is 72.5 Å². The summed E-state index contributed by atoms with van der Waals surface area (Å²) in [6, 6.07) is 9.13. The number of nitrogens with zero attached hydrogens (tertiary/aromatic N) is 3. The second-order valence-electron chi connectivity index (χ2n) is 9.07. The molecule has 2 amide bonds. The molecule has 2 N–H and O–H groups in total. The van der Waals surface area contributed by atoms with Crippen LogP contribution in [0, 0.1) is 5.82 Å². The van der Waals surface area contributed by atoms with Gasteiger partial charge in [0.05, 0.1) is 30.7 Å². The number of primary amides is 1. The normalized spacial score (nSPS) is 13.8. The van der Waals surface area contributed by atoms with Crippen molar-refractivity contribution in [3.8, 4) is 22.6 Å². The predicted octanol–water partition coefficient (Wildman–Crippen LogP) is 2.56. The van der Waals surface area contributed by atoms with Gasteiger partial charge in [-0.15, -0.1) is 0 Å². The molecular formula is C28H33FN4O6. The summed E-state index contributed by atoms with van der Waals surface area (Å²) < 4.78 is 33.5. The average molecular weight is 541 g/mol. The Labute approximate surface area is 225 Å². The number of hydrazine groups is 1. The van der Waals surface area contributed by atoms with Crippen molar-refractivity contribution in [2.45, 2.75) is 26.8 Å². The lowest BCUT2D eigenvalue weighted by Gasteiger charge is -2.36. The molecule has 0 saturated carbocycles. The van der Waals surface area contributed by atoms with Gasteiger partial charge in [0.1, 0.15) is 23.9 Å². The van der Waals surface area contributed by atoms with E-state index in [2.05, 4.69) is 0 Å². The highest BCUT2D eigenvalue weighted by molar-refractivity contribution is 5.90. The smallest absolute Gasteiger partial charge is 0.256 e. The number of morpholine rings is 1. The summed E-state index contributed by atoms with van der Waals surface area (Å²) in [5.74, 6) is -0.815. The largest absolute Gasteiger partial charge is 0.491 e. The lowest BCUT2D eigenvalue weighted by atomic mass is 10.0. The maximum atomic E-state index is 15.3. The number of carbonyl (C=O) groups excluding carboxylic acids is 2. The number of halogens is 1. The van der Waals surface area contributed by atoms with Gasteiger partial charge in [0.2, 0.25) is 0 Å². The molecule has 0 aliphatic carbocycles. The lowest BCUT2D eigenvalue weighted by Crippen LogP contribution is -2.52. The third kappa shape index (κ3) is 6.37. The van der Waals surface area contributed by atoms with Crippen LogP contribution in [-0.2, 0) is 20.9 Å². The van der Waals surface area contributed by atoms with E-state index in [4.69, 9.17) is 19.9 Å². The summed E-state index contributed by atoms with van der Waals surface area (Å²) in [4.78, 5) is 38.2. The zero-order chi connectivity index (χ0) is 27.9. The minimum Gasteiger partial charge on any atom is -0.491 e. The molecule has 208 valence electrons. The molecule has 0 unspecified atom stereocenters. The van der Waals surface area contributed by atoms with Crippen molar-refractivity contribution in [2.75, 3.05) is 46.1 Å². The van der Waals surface area contributed by atoms with E-state index in [0.717, 1.165) is 0 Å². The first-order valence-corrected chi connectivity index (χ1v) is 13.0. The number of pyridine rings is 1. The van der Waals surface area contributed by atoms with E-state index in [-0.39, 0.29) is 35.5 Å². The topological polar surface area (TPSA) is 116 Å². The van der Waals surface area contributed by atoms with E-state index in [1.165, 1.54) is 12.1 Å². The number of hydrogen-bond acceptors (Lipinski definition) is 7. The second-order valence-corrected chi connectivity index (χ2v) is 9.07. The van der Waals surface area contributed by atoms with Crippen molar-refractivity contribution in [3.05, 3.63) is 58.6 Å². The average Bonchev–Trinajstić information content (AvgIpc) is 2.94. The molecule has 1 aliphatic heterocycles. The van der Waals surface area contributed by atoms with Crippen molar-refractivity contribution in [1.82, 2.24) is 14.6 Å². The van der Waals surface area contributed by atoms with Crippen molar-refractivity contribution in [1.29, 1.82) is 0 Å². The van der Waals surface area contributed by atoms with Gasteiger partial charge < -0.3 is 24.5 Å². The Balaban J connectivity index is 1.81. The van der Waals surface area contributed by atoms with Gasteiger partial charge in [0, 0.05) is 31.4 Å². The van der Waals surface area contributed by atoms with E-state index in [1.54, 1.807) is 40.0 Å². The molecule has 1 aliphatic rings. The van der Waals surface area contributed by atoms with E-state index >= 15 is 4.39 Å². The summed E-state index contributed by atoms with van der Waals surface area (Å²) in [5.41, 5.74) is 5.53. The van der Waals surface area contributed by atoms with E-state index in [1.807, 2.05) is 18.9 Å². The fourth-order valence-corrected chi connectivity index (χ4v) is 4.56. The molecule has 3 aromatic rings. The zero-order valence-corrected chi connectivity index (χ0v) is 22.2. The fourth-order valence-electron chi connectivity index (χ4n) is 4.56. The number of fused-ring (bicyclic) bond motifs is 1. The number of likely N-dealkylation sites (N-methyl/N-ethyl adjacent to an activating group) is 1. The summed E-state index contributed by atoms with van der Waals surface area (Å²) in [6.45, 7) is 6.43. The first-order valence-electron chi connectivity index (χ1n) is 13.0. The van der Waals surface area contributed by atoms with Gasteiger partial charge in [-0.25, -0.2) is 9.40 Å². The second kappa shape index (κ2) is 12.7. The fraction of sp³-hybridized carbons (Fsp3) is 0.393. The summed E-state index contributed by atoms with van der Waals surface area (Å²) in [5, 5.41) is 3.44. The molecule has 39 heavy (non-hydrogen) atoms. The maximum Gasteiger partial charge on any atom is 0.256 e. The molecule has 4 rings (SSSR count). The molecule has 0 spiro atoms. The molecule has 1 fully saturated rings. The molecule has 11 heteroatoms. The van der Waals surface area contributed by atoms with E-state index in [9.17, 15) is 14.4 Å². The highest BCUT2D eigenvalue weighted by Gasteiger charge is 2.25. The summed E-state index contributed by atoms with van der Waals surface area (Å²) >= 11 is 0. The number of nitrogens with two attached hydrogens (primary N) is 1. The van der Waals surface area contributed by atoms with Crippen LogP contribution in [0.1, 0.15) is 20.3 Å². The number of hydrogen-bond donors (Lipinski definition) is 1. The molecule has 2 aromatic carbocycles. The molecule has 1 saturated heterocycles. The van der Waals surface area contributed by atoms with Crippen LogP contribution in [0.15, 0.2) is 47.4 Å². The summed E-state index contributed by atoms with van der Waals surface area (Å²) in [7, 11) is 0. The lowest BCUT2D eigenvalue weighted by molar-refractivity contribution is -0.156. The number of benzene rings is 2. The minimum atomic E-state index is -0.705. The Hall–Kier alpha value is -3.96. The van der Waals surface area contributed by atoms with E-state index < -0.39 is 17.2 Å². The van der Waals surface area contributed by atoms with Crippen LogP contribution >= 0.6 is 0 Å². The summed E-state index contributed by atoms with van der Waals surface area (Å²) in [6.07, 6.45) is 2.28. The Morgan fingerprint density at radius 1 is 1.08 bits per heavy atom. The highest BCUT2D eigenvalue weighted by Crippen LogP contribution is 2.30. The van der Waals surface area contributed by atoms with Crippen molar-refractivity contribution >= 4 is 22.7 Å². The van der Waals surface area contributed by atoms with Gasteiger partial charge in [-0.1, -0.05) is 19.1 Å². The van der Waals surface area contributed by atoms with Crippen LogP contribution < -0.4 is 20.6 Å². The van der Waals surface area contributed by atoms with Crippen LogP contribution in [0.2, 0.25) is 0 Å². The van der Waals surface area contributed by atoms with Crippen molar-refractivity contribution in [2.24, 2.45) is 5.73 Å². The monoisotopic (exact) mass is 540 g/mol. The van der Waals surface area contributed by atoms with Crippen molar-refractivity contribution < 1.29 is 28.2 Å². The molecule has 0 atom stereocenters. The Morgan fingerprint density at radius 3 is 2.44 bits per heavy atom. The number of carbonyl (C=O) groups is 2. The minimum absolute atomic E-state index is 0.138. The Kier molecular flexibility index (Phi) is 9.15. The number of amides is 2. The zero-order valence-electron chi connectivity index (χ0n) is 22.2. The molecule has 2 heterocycles. The van der Waals surface area contributed by atoms with Gasteiger partial charge in [0.15, 0.2) is 12.0 Å². The predicted molar refractivity (Wildman–Crippen MR) is 144 cm³/mol. The maximum absolute atomic E-state index is 15.3. The number of rotatable bonds is 11. The molecule has 1 aromatic heterocycles. The highest BCUT2D eigenvalue weighted by atomic mass is 19.1. The van der Waals surface area contributed by atoms with Crippen LogP contribution in [0.25, 0.3) is 22.0 Å². The van der Waals surface area contributed by atoms with Crippen LogP contribution in [0.4, 0.5) is 4.39 Å². The molecular weight excluding hydrogens is 507 g/mol. The van der Waals surface area contributed by atoms with Gasteiger partial charge in [-0.05, 0) is 43.2 Å². The Bertz CT molecular complexity index is 1390. The Morgan fingerprint density at radius 2 is 1.79 bits per heavy atom. The third-order valence-corrected chi connectivity index (χ3v) is 6.36. The van der Waals surface area contributed by atoms with Crippen LogP contribution in [0.5, 0.6) is 11.5 Å². The first kappa shape index (κ1) is 28.1. The van der Waals surface area contributed by atoms with Gasteiger partial charge in [-0.2, -0.15) is 0 Å². The van der Waals surface area contributed by atoms with Crippen LogP contribution in [0.3, 0.4) is 0 Å². The third-order valence-electron chi connectivity index (χ3n) is 6.36. The van der Waals surface area contributed by atoms with Gasteiger partial charge >= 0.3 is 0 Å². The standard InChI is InChI=1S/C28H33FN4O6/c1-3-13-38-23-10-9-22(29)26-27(23)31(17-25(35)33(4-2)32-11-14-37-15-12-32)16-21(28(26)36)19-5-7-20(8-6-19)39-18-24(30)34/h5-10,16H,3-4,11-15,17-18H2,1-2H3,(H2,30,34). The van der Waals surface area contributed by atoms with Crippen molar-refractivity contribution in [3.63, 3.8) is 0 Å².